The zero-order valence-electron chi connectivity index (χ0n) is 15.0. The standard InChI is InChI=1S/C17H23N7O/c1-5-23-16(6-8-18-23)14(4)19-17(25)15-7-9-22(21-15)11-24-13(3)10-12(2)20-24/h6-10,14H,5,11H2,1-4H3,(H,19,25). The summed E-state index contributed by atoms with van der Waals surface area (Å²) in [5.74, 6) is -0.205. The molecule has 1 atom stereocenters. The summed E-state index contributed by atoms with van der Waals surface area (Å²) in [4.78, 5) is 12.4. The second kappa shape index (κ2) is 6.92. The van der Waals surface area contributed by atoms with Crippen LogP contribution in [0.3, 0.4) is 0 Å². The summed E-state index contributed by atoms with van der Waals surface area (Å²) in [5.41, 5.74) is 3.37. The van der Waals surface area contributed by atoms with Gasteiger partial charge in [-0.3, -0.25) is 14.2 Å². The first-order valence-electron chi connectivity index (χ1n) is 8.35. The van der Waals surface area contributed by atoms with Crippen LogP contribution in [0.25, 0.3) is 0 Å². The molecule has 0 bridgehead atoms. The monoisotopic (exact) mass is 341 g/mol. The Hall–Kier alpha value is -2.90. The maximum atomic E-state index is 12.4. The molecule has 0 saturated carbocycles. The fourth-order valence-electron chi connectivity index (χ4n) is 2.84. The van der Waals surface area contributed by atoms with Crippen molar-refractivity contribution < 1.29 is 4.79 Å². The van der Waals surface area contributed by atoms with Gasteiger partial charge in [0.05, 0.1) is 17.4 Å². The first-order valence-corrected chi connectivity index (χ1v) is 8.35. The number of nitrogens with one attached hydrogen (secondary N) is 1. The van der Waals surface area contributed by atoms with Gasteiger partial charge < -0.3 is 5.32 Å². The molecule has 8 nitrogen and oxygen atoms in total. The molecule has 132 valence electrons. The lowest BCUT2D eigenvalue weighted by Gasteiger charge is -2.14. The molecule has 25 heavy (non-hydrogen) atoms. The van der Waals surface area contributed by atoms with Crippen molar-refractivity contribution in [3.63, 3.8) is 0 Å². The lowest BCUT2D eigenvalue weighted by Crippen LogP contribution is -2.28. The fourth-order valence-corrected chi connectivity index (χ4v) is 2.84. The minimum absolute atomic E-state index is 0.142. The maximum Gasteiger partial charge on any atom is 0.272 e. The van der Waals surface area contributed by atoms with E-state index in [4.69, 9.17) is 0 Å². The number of nitrogens with zero attached hydrogens (tertiary/aromatic N) is 6. The lowest BCUT2D eigenvalue weighted by atomic mass is 10.2. The molecule has 0 aliphatic carbocycles. The average molecular weight is 341 g/mol. The third-order valence-electron chi connectivity index (χ3n) is 4.10. The van der Waals surface area contributed by atoms with E-state index in [0.29, 0.717) is 12.4 Å². The van der Waals surface area contributed by atoms with E-state index < -0.39 is 0 Å². The highest BCUT2D eigenvalue weighted by molar-refractivity contribution is 5.92. The van der Waals surface area contributed by atoms with Crippen LogP contribution < -0.4 is 5.32 Å². The Bertz CT molecular complexity index is 873. The van der Waals surface area contributed by atoms with Crippen molar-refractivity contribution in [3.8, 4) is 0 Å². The van der Waals surface area contributed by atoms with Crippen LogP contribution in [0.15, 0.2) is 30.6 Å². The molecule has 0 radical (unpaired) electrons. The molecule has 1 unspecified atom stereocenters. The summed E-state index contributed by atoms with van der Waals surface area (Å²) in [6.07, 6.45) is 3.52. The summed E-state index contributed by atoms with van der Waals surface area (Å²) in [6.45, 7) is 9.15. The van der Waals surface area contributed by atoms with Crippen LogP contribution in [0.2, 0.25) is 0 Å². The highest BCUT2D eigenvalue weighted by Crippen LogP contribution is 2.12. The van der Waals surface area contributed by atoms with Crippen LogP contribution >= 0.6 is 0 Å². The number of aryl methyl sites for hydroxylation is 3. The molecule has 3 aromatic rings. The van der Waals surface area contributed by atoms with Crippen molar-refractivity contribution in [2.75, 3.05) is 0 Å². The molecule has 1 amide bonds. The molecule has 0 saturated heterocycles. The second-order valence-corrected chi connectivity index (χ2v) is 6.08. The maximum absolute atomic E-state index is 12.4. The van der Waals surface area contributed by atoms with E-state index in [1.54, 1.807) is 23.1 Å². The third-order valence-corrected chi connectivity index (χ3v) is 4.10. The molecule has 0 fully saturated rings. The Kier molecular flexibility index (Phi) is 4.69. The van der Waals surface area contributed by atoms with Gasteiger partial charge in [0.2, 0.25) is 0 Å². The average Bonchev–Trinajstić information content (AvgIpc) is 3.28. The highest BCUT2D eigenvalue weighted by Gasteiger charge is 2.16. The van der Waals surface area contributed by atoms with E-state index in [-0.39, 0.29) is 11.9 Å². The summed E-state index contributed by atoms with van der Waals surface area (Å²) < 4.78 is 5.42. The molecule has 1 N–H and O–H groups in total. The van der Waals surface area contributed by atoms with Crippen LogP contribution in [0.4, 0.5) is 0 Å². The van der Waals surface area contributed by atoms with Gasteiger partial charge in [0.15, 0.2) is 0 Å². The van der Waals surface area contributed by atoms with E-state index >= 15 is 0 Å². The number of hydrogen-bond donors (Lipinski definition) is 1. The largest absolute Gasteiger partial charge is 0.343 e. The zero-order chi connectivity index (χ0) is 18.0. The quantitative estimate of drug-likeness (QED) is 0.742. The molecule has 3 aromatic heterocycles. The first-order chi connectivity index (χ1) is 12.0. The zero-order valence-corrected chi connectivity index (χ0v) is 15.0. The fraction of sp³-hybridized carbons (Fsp3) is 0.412. The Morgan fingerprint density at radius 1 is 1.24 bits per heavy atom. The number of rotatable bonds is 6. The Morgan fingerprint density at radius 2 is 2.04 bits per heavy atom. The van der Waals surface area contributed by atoms with Gasteiger partial charge in [-0.2, -0.15) is 15.3 Å². The highest BCUT2D eigenvalue weighted by atomic mass is 16.2. The molecule has 0 aromatic carbocycles. The molecule has 3 heterocycles. The number of hydrogen-bond acceptors (Lipinski definition) is 4. The smallest absolute Gasteiger partial charge is 0.272 e. The van der Waals surface area contributed by atoms with E-state index in [0.717, 1.165) is 23.6 Å². The van der Waals surface area contributed by atoms with Gasteiger partial charge in [-0.05, 0) is 45.9 Å². The van der Waals surface area contributed by atoms with Crippen molar-refractivity contribution >= 4 is 5.91 Å². The van der Waals surface area contributed by atoms with Gasteiger partial charge in [-0.1, -0.05) is 0 Å². The van der Waals surface area contributed by atoms with Crippen molar-refractivity contribution in [1.29, 1.82) is 0 Å². The molecule has 3 rings (SSSR count). The molecule has 8 heteroatoms. The van der Waals surface area contributed by atoms with Gasteiger partial charge in [0.1, 0.15) is 12.4 Å². The molecular weight excluding hydrogens is 318 g/mol. The van der Waals surface area contributed by atoms with Crippen molar-refractivity contribution in [2.24, 2.45) is 0 Å². The molecule has 0 spiro atoms. The Labute approximate surface area is 146 Å². The van der Waals surface area contributed by atoms with Gasteiger partial charge in [0, 0.05) is 24.6 Å². The van der Waals surface area contributed by atoms with Gasteiger partial charge in [-0.25, -0.2) is 4.68 Å². The van der Waals surface area contributed by atoms with Gasteiger partial charge in [0.25, 0.3) is 5.91 Å². The summed E-state index contributed by atoms with van der Waals surface area (Å²) in [7, 11) is 0. The SMILES string of the molecule is CCn1nccc1C(C)NC(=O)c1ccn(Cn2nc(C)cc2C)n1. The summed E-state index contributed by atoms with van der Waals surface area (Å²) in [6, 6.07) is 5.49. The lowest BCUT2D eigenvalue weighted by molar-refractivity contribution is 0.0932. The van der Waals surface area contributed by atoms with Crippen LogP contribution in [0.1, 0.15) is 47.5 Å². The van der Waals surface area contributed by atoms with E-state index in [2.05, 4.69) is 20.6 Å². The van der Waals surface area contributed by atoms with Crippen LogP contribution in [0.5, 0.6) is 0 Å². The number of carbonyl (C=O) groups is 1. The molecule has 0 aliphatic rings. The second-order valence-electron chi connectivity index (χ2n) is 6.08. The van der Waals surface area contributed by atoms with Crippen molar-refractivity contribution in [3.05, 3.63) is 53.4 Å². The first kappa shape index (κ1) is 16.9. The third kappa shape index (κ3) is 3.62. The number of carbonyl (C=O) groups excluding carboxylic acids is 1. The topological polar surface area (TPSA) is 82.6 Å². The van der Waals surface area contributed by atoms with Crippen LogP contribution in [0, 0.1) is 13.8 Å². The number of aromatic nitrogens is 6. The summed E-state index contributed by atoms with van der Waals surface area (Å²) >= 11 is 0. The Morgan fingerprint density at radius 3 is 2.72 bits per heavy atom. The predicted octanol–water partition coefficient (Wildman–Crippen LogP) is 1.91. The van der Waals surface area contributed by atoms with Crippen molar-refractivity contribution in [2.45, 2.75) is 47.0 Å². The Balaban J connectivity index is 1.67. The van der Waals surface area contributed by atoms with Crippen LogP contribution in [-0.4, -0.2) is 35.2 Å². The predicted molar refractivity (Wildman–Crippen MR) is 93.1 cm³/mol. The van der Waals surface area contributed by atoms with E-state index in [9.17, 15) is 4.79 Å². The van der Waals surface area contributed by atoms with E-state index in [1.807, 2.05) is 49.2 Å². The van der Waals surface area contributed by atoms with Crippen LogP contribution in [-0.2, 0) is 13.2 Å². The van der Waals surface area contributed by atoms with Gasteiger partial charge in [-0.15, -0.1) is 0 Å². The molecule has 0 aliphatic heterocycles. The minimum atomic E-state index is -0.205. The summed E-state index contributed by atoms with van der Waals surface area (Å²) in [5, 5.41) is 16.0. The van der Waals surface area contributed by atoms with Crippen molar-refractivity contribution in [1.82, 2.24) is 34.7 Å². The normalized spacial score (nSPS) is 12.3. The molecular formula is C17H23N7O. The number of amides is 1. The minimum Gasteiger partial charge on any atom is -0.343 e. The van der Waals surface area contributed by atoms with Gasteiger partial charge >= 0.3 is 0 Å². The van der Waals surface area contributed by atoms with E-state index in [1.165, 1.54) is 0 Å².